The lowest BCUT2D eigenvalue weighted by Crippen LogP contribution is -2.21. The summed E-state index contributed by atoms with van der Waals surface area (Å²) in [4.78, 5) is 25.2. The molecule has 0 spiro atoms. The van der Waals surface area contributed by atoms with Crippen molar-refractivity contribution in [3.8, 4) is 5.75 Å². The van der Waals surface area contributed by atoms with Gasteiger partial charge in [-0.05, 0) is 42.8 Å². The minimum Gasteiger partial charge on any atom is -0.489 e. The number of ether oxygens (including phenoxy) is 1. The predicted octanol–water partition coefficient (Wildman–Crippen LogP) is 4.45. The summed E-state index contributed by atoms with van der Waals surface area (Å²) in [5.41, 5.74) is 2.35. The molecule has 0 aliphatic carbocycles. The number of amides is 2. The van der Waals surface area contributed by atoms with Crippen molar-refractivity contribution in [2.45, 2.75) is 35.7 Å². The fourth-order valence-corrected chi connectivity index (χ4v) is 3.94. The Balaban J connectivity index is 1.40. The quantitative estimate of drug-likeness (QED) is 0.627. The molecule has 142 valence electrons. The molecule has 1 aliphatic rings. The Morgan fingerprint density at radius 1 is 1.07 bits per heavy atom. The van der Waals surface area contributed by atoms with Gasteiger partial charge in [0.15, 0.2) is 0 Å². The second-order valence-electron chi connectivity index (χ2n) is 6.67. The number of rotatable bonds is 6. The number of hydrogen-bond acceptors (Lipinski definition) is 5. The Morgan fingerprint density at radius 2 is 1.82 bits per heavy atom. The van der Waals surface area contributed by atoms with E-state index in [1.54, 1.807) is 6.26 Å². The van der Waals surface area contributed by atoms with Crippen LogP contribution < -0.4 is 10.1 Å². The van der Waals surface area contributed by atoms with Gasteiger partial charge in [-0.3, -0.25) is 14.9 Å². The molecule has 4 rings (SSSR count). The fraction of sp³-hybridized carbons (Fsp3) is 0.182. The zero-order valence-electron chi connectivity index (χ0n) is 15.3. The van der Waals surface area contributed by atoms with Crippen LogP contribution in [0.1, 0.15) is 29.2 Å². The van der Waals surface area contributed by atoms with Gasteiger partial charge in [-0.1, -0.05) is 41.6 Å². The summed E-state index contributed by atoms with van der Waals surface area (Å²) in [6, 6.07) is 17.8. The molecule has 1 atom stereocenters. The lowest BCUT2D eigenvalue weighted by atomic mass is 10.1. The molecule has 6 heteroatoms. The fourth-order valence-electron chi connectivity index (χ4n) is 2.99. The lowest BCUT2D eigenvalue weighted by Gasteiger charge is -2.09. The highest BCUT2D eigenvalue weighted by Gasteiger charge is 2.35. The SMILES string of the molecule is Cc1ccc(COc2ccc(Sc3ccoc3C3CC(=O)NC3=O)cc2)cc1. The first kappa shape index (κ1) is 18.4. The number of aryl methyl sites for hydroxylation is 1. The van der Waals surface area contributed by atoms with E-state index in [-0.39, 0.29) is 18.2 Å². The number of imide groups is 1. The number of carbonyl (C=O) groups excluding carboxylic acids is 2. The number of furan rings is 1. The summed E-state index contributed by atoms with van der Waals surface area (Å²) in [5.74, 6) is 0.201. The van der Waals surface area contributed by atoms with Crippen molar-refractivity contribution in [3.05, 3.63) is 77.7 Å². The molecule has 0 bridgehead atoms. The summed E-state index contributed by atoms with van der Waals surface area (Å²) in [6.45, 7) is 2.58. The van der Waals surface area contributed by atoms with Crippen molar-refractivity contribution in [2.24, 2.45) is 0 Å². The van der Waals surface area contributed by atoms with Crippen molar-refractivity contribution >= 4 is 23.6 Å². The lowest BCUT2D eigenvalue weighted by molar-refractivity contribution is -0.125. The summed E-state index contributed by atoms with van der Waals surface area (Å²) >= 11 is 1.50. The molecule has 1 unspecified atom stereocenters. The monoisotopic (exact) mass is 393 g/mol. The van der Waals surface area contributed by atoms with E-state index in [9.17, 15) is 9.59 Å². The van der Waals surface area contributed by atoms with Crippen LogP contribution in [0.2, 0.25) is 0 Å². The highest BCUT2D eigenvalue weighted by molar-refractivity contribution is 7.99. The maximum Gasteiger partial charge on any atom is 0.237 e. The molecule has 0 saturated carbocycles. The van der Waals surface area contributed by atoms with Gasteiger partial charge in [-0.2, -0.15) is 0 Å². The van der Waals surface area contributed by atoms with Gasteiger partial charge in [0, 0.05) is 11.3 Å². The van der Waals surface area contributed by atoms with Gasteiger partial charge in [-0.25, -0.2) is 0 Å². The van der Waals surface area contributed by atoms with Crippen molar-refractivity contribution in [1.82, 2.24) is 5.32 Å². The van der Waals surface area contributed by atoms with Gasteiger partial charge in [0.05, 0.1) is 11.2 Å². The third kappa shape index (κ3) is 4.12. The third-order valence-corrected chi connectivity index (χ3v) is 5.59. The number of hydrogen-bond donors (Lipinski definition) is 1. The summed E-state index contributed by atoms with van der Waals surface area (Å²) < 4.78 is 11.3. The van der Waals surface area contributed by atoms with Gasteiger partial charge in [0.25, 0.3) is 0 Å². The summed E-state index contributed by atoms with van der Waals surface area (Å²) in [6.07, 6.45) is 1.68. The topological polar surface area (TPSA) is 68.5 Å². The Morgan fingerprint density at radius 3 is 2.50 bits per heavy atom. The van der Waals surface area contributed by atoms with E-state index < -0.39 is 5.92 Å². The van der Waals surface area contributed by atoms with E-state index in [0.29, 0.717) is 12.4 Å². The van der Waals surface area contributed by atoms with Crippen LogP contribution in [-0.4, -0.2) is 11.8 Å². The van der Waals surface area contributed by atoms with Crippen molar-refractivity contribution < 1.29 is 18.7 Å². The van der Waals surface area contributed by atoms with Gasteiger partial charge in [0.1, 0.15) is 24.0 Å². The zero-order chi connectivity index (χ0) is 19.5. The Labute approximate surface area is 167 Å². The average molecular weight is 393 g/mol. The molecule has 1 saturated heterocycles. The number of nitrogens with one attached hydrogen (secondary N) is 1. The first-order chi connectivity index (χ1) is 13.6. The molecule has 3 aromatic rings. The summed E-state index contributed by atoms with van der Waals surface area (Å²) in [7, 11) is 0. The molecule has 1 aromatic heterocycles. The summed E-state index contributed by atoms with van der Waals surface area (Å²) in [5, 5.41) is 2.32. The predicted molar refractivity (Wildman–Crippen MR) is 105 cm³/mol. The van der Waals surface area contributed by atoms with E-state index in [4.69, 9.17) is 9.15 Å². The van der Waals surface area contributed by atoms with Crippen molar-refractivity contribution in [3.63, 3.8) is 0 Å². The van der Waals surface area contributed by atoms with Crippen LogP contribution >= 0.6 is 11.8 Å². The zero-order valence-corrected chi connectivity index (χ0v) is 16.1. The van der Waals surface area contributed by atoms with Gasteiger partial charge in [-0.15, -0.1) is 0 Å². The molecule has 2 heterocycles. The van der Waals surface area contributed by atoms with Gasteiger partial charge >= 0.3 is 0 Å². The van der Waals surface area contributed by atoms with E-state index in [2.05, 4.69) is 36.5 Å². The molecule has 0 radical (unpaired) electrons. The Hall–Kier alpha value is -2.99. The molecule has 1 fully saturated rings. The van der Waals surface area contributed by atoms with Crippen LogP contribution in [0.15, 0.2) is 75.1 Å². The molecule has 2 amide bonds. The van der Waals surface area contributed by atoms with Crippen LogP contribution in [0.4, 0.5) is 0 Å². The molecular weight excluding hydrogens is 374 g/mol. The number of benzene rings is 2. The Kier molecular flexibility index (Phi) is 5.21. The van der Waals surface area contributed by atoms with Crippen molar-refractivity contribution in [1.29, 1.82) is 0 Å². The van der Waals surface area contributed by atoms with Crippen LogP contribution in [0, 0.1) is 6.92 Å². The van der Waals surface area contributed by atoms with Gasteiger partial charge in [0.2, 0.25) is 11.8 Å². The second kappa shape index (κ2) is 7.94. The molecular formula is C22H19NO4S. The van der Waals surface area contributed by atoms with E-state index in [0.717, 1.165) is 21.1 Å². The van der Waals surface area contributed by atoms with E-state index in [1.165, 1.54) is 17.3 Å². The highest BCUT2D eigenvalue weighted by Crippen LogP contribution is 2.38. The second-order valence-corrected chi connectivity index (χ2v) is 7.78. The number of carbonyl (C=O) groups is 2. The average Bonchev–Trinajstić information content (AvgIpc) is 3.27. The van der Waals surface area contributed by atoms with Gasteiger partial charge < -0.3 is 9.15 Å². The molecule has 2 aromatic carbocycles. The Bertz CT molecular complexity index is 992. The van der Waals surface area contributed by atoms with E-state index >= 15 is 0 Å². The highest BCUT2D eigenvalue weighted by atomic mass is 32.2. The molecule has 5 nitrogen and oxygen atoms in total. The largest absolute Gasteiger partial charge is 0.489 e. The maximum absolute atomic E-state index is 11.9. The molecule has 1 N–H and O–H groups in total. The molecule has 28 heavy (non-hydrogen) atoms. The minimum absolute atomic E-state index is 0.131. The first-order valence-electron chi connectivity index (χ1n) is 8.96. The van der Waals surface area contributed by atoms with E-state index in [1.807, 2.05) is 30.3 Å². The minimum atomic E-state index is -0.554. The van der Waals surface area contributed by atoms with Crippen LogP contribution in [0.5, 0.6) is 5.75 Å². The first-order valence-corrected chi connectivity index (χ1v) is 9.77. The smallest absolute Gasteiger partial charge is 0.237 e. The standard InChI is InChI=1S/C22H19NO4S/c1-14-2-4-15(5-3-14)13-27-16-6-8-17(9-7-16)28-19-10-11-26-21(19)18-12-20(24)23-22(18)25/h2-11,18H,12-13H2,1H3,(H,23,24,25). The molecule has 1 aliphatic heterocycles. The van der Waals surface area contributed by atoms with Crippen molar-refractivity contribution in [2.75, 3.05) is 0 Å². The third-order valence-electron chi connectivity index (χ3n) is 4.52. The van der Waals surface area contributed by atoms with Crippen LogP contribution in [-0.2, 0) is 16.2 Å². The van der Waals surface area contributed by atoms with Crippen LogP contribution in [0.3, 0.4) is 0 Å². The normalized spacial score (nSPS) is 16.2. The maximum atomic E-state index is 11.9. The van der Waals surface area contributed by atoms with Crippen LogP contribution in [0.25, 0.3) is 0 Å².